The zero-order valence-electron chi connectivity index (χ0n) is 10.3. The number of benzene rings is 1. The van der Waals surface area contributed by atoms with Crippen LogP contribution in [0.1, 0.15) is 27.6 Å². The monoisotopic (exact) mass is 309 g/mol. The summed E-state index contributed by atoms with van der Waals surface area (Å²) in [7, 11) is 2.02. The third-order valence-corrected chi connectivity index (χ3v) is 4.40. The fraction of sp³-hybridized carbons (Fsp3) is 0.286. The molecule has 1 unspecified atom stereocenters. The Morgan fingerprint density at radius 3 is 2.47 bits per heavy atom. The van der Waals surface area contributed by atoms with Crippen LogP contribution in [0.2, 0.25) is 0 Å². The van der Waals surface area contributed by atoms with Crippen LogP contribution in [0.3, 0.4) is 0 Å². The molecule has 2 aromatic rings. The fourth-order valence-corrected chi connectivity index (χ4v) is 3.35. The maximum atomic E-state index is 3.51. The highest BCUT2D eigenvalue weighted by atomic mass is 79.9. The van der Waals surface area contributed by atoms with E-state index in [1.807, 2.05) is 7.05 Å². The van der Waals surface area contributed by atoms with E-state index < -0.39 is 0 Å². The number of hydrogen-bond donors (Lipinski definition) is 1. The highest BCUT2D eigenvalue weighted by molar-refractivity contribution is 9.10. The summed E-state index contributed by atoms with van der Waals surface area (Å²) < 4.78 is 1.13. The van der Waals surface area contributed by atoms with E-state index in [2.05, 4.69) is 64.7 Å². The average Bonchev–Trinajstić information content (AvgIpc) is 2.69. The molecule has 1 nitrogen and oxygen atoms in total. The molecular weight excluding hydrogens is 294 g/mol. The molecular formula is C14H16BrNS. The lowest BCUT2D eigenvalue weighted by Gasteiger charge is -2.19. The molecule has 0 spiro atoms. The second-order valence-electron chi connectivity index (χ2n) is 4.15. The molecule has 3 heteroatoms. The molecule has 1 aromatic carbocycles. The Labute approximate surface area is 115 Å². The molecule has 1 aromatic heterocycles. The minimum Gasteiger partial charge on any atom is -0.309 e. The third-order valence-electron chi connectivity index (χ3n) is 3.04. The Bertz CT molecular complexity index is 519. The lowest BCUT2D eigenvalue weighted by Crippen LogP contribution is -2.18. The van der Waals surface area contributed by atoms with Crippen molar-refractivity contribution in [3.63, 3.8) is 0 Å². The minimum absolute atomic E-state index is 0.286. The molecule has 0 saturated carbocycles. The molecule has 0 aliphatic heterocycles. The SMILES string of the molecule is CNC(c1ccc(Br)cc1C)c1ccsc1C. The normalized spacial score (nSPS) is 12.7. The van der Waals surface area contributed by atoms with E-state index in [1.54, 1.807) is 11.3 Å². The second-order valence-corrected chi connectivity index (χ2v) is 6.19. The van der Waals surface area contributed by atoms with Gasteiger partial charge in [0.15, 0.2) is 0 Å². The van der Waals surface area contributed by atoms with Crippen molar-refractivity contribution >= 4 is 27.3 Å². The van der Waals surface area contributed by atoms with Gasteiger partial charge in [-0.05, 0) is 61.2 Å². The van der Waals surface area contributed by atoms with Crippen LogP contribution in [-0.2, 0) is 0 Å². The average molecular weight is 310 g/mol. The minimum atomic E-state index is 0.286. The van der Waals surface area contributed by atoms with Gasteiger partial charge >= 0.3 is 0 Å². The predicted molar refractivity (Wildman–Crippen MR) is 78.8 cm³/mol. The summed E-state index contributed by atoms with van der Waals surface area (Å²) in [5.74, 6) is 0. The zero-order chi connectivity index (χ0) is 12.4. The van der Waals surface area contributed by atoms with Crippen molar-refractivity contribution < 1.29 is 0 Å². The van der Waals surface area contributed by atoms with Gasteiger partial charge in [0, 0.05) is 9.35 Å². The van der Waals surface area contributed by atoms with Crippen molar-refractivity contribution in [1.29, 1.82) is 0 Å². The zero-order valence-corrected chi connectivity index (χ0v) is 12.7. The number of hydrogen-bond acceptors (Lipinski definition) is 2. The van der Waals surface area contributed by atoms with E-state index in [-0.39, 0.29) is 6.04 Å². The topological polar surface area (TPSA) is 12.0 Å². The van der Waals surface area contributed by atoms with Gasteiger partial charge < -0.3 is 5.32 Å². The van der Waals surface area contributed by atoms with Crippen LogP contribution in [0.25, 0.3) is 0 Å². The molecule has 0 radical (unpaired) electrons. The molecule has 2 rings (SSSR count). The molecule has 90 valence electrons. The summed E-state index contributed by atoms with van der Waals surface area (Å²) in [5, 5.41) is 5.57. The van der Waals surface area contributed by atoms with Gasteiger partial charge in [0.2, 0.25) is 0 Å². The Morgan fingerprint density at radius 1 is 1.18 bits per heavy atom. The number of aryl methyl sites for hydroxylation is 2. The van der Waals surface area contributed by atoms with Crippen LogP contribution in [0.5, 0.6) is 0 Å². The lowest BCUT2D eigenvalue weighted by molar-refractivity contribution is 0.686. The number of halogens is 1. The molecule has 0 amide bonds. The molecule has 1 atom stereocenters. The molecule has 0 aliphatic carbocycles. The van der Waals surface area contributed by atoms with E-state index in [0.717, 1.165) is 4.47 Å². The summed E-state index contributed by atoms with van der Waals surface area (Å²) in [6, 6.07) is 8.96. The summed E-state index contributed by atoms with van der Waals surface area (Å²) in [5.41, 5.74) is 4.03. The van der Waals surface area contributed by atoms with Crippen LogP contribution in [-0.4, -0.2) is 7.05 Å². The predicted octanol–water partition coefficient (Wildman–Crippen LogP) is 4.44. The lowest BCUT2D eigenvalue weighted by atomic mass is 9.96. The van der Waals surface area contributed by atoms with E-state index in [0.29, 0.717) is 0 Å². The fourth-order valence-electron chi connectivity index (χ4n) is 2.14. The van der Waals surface area contributed by atoms with Gasteiger partial charge in [0.25, 0.3) is 0 Å². The van der Waals surface area contributed by atoms with Crippen LogP contribution in [0.4, 0.5) is 0 Å². The van der Waals surface area contributed by atoms with Gasteiger partial charge in [-0.25, -0.2) is 0 Å². The highest BCUT2D eigenvalue weighted by Gasteiger charge is 2.16. The molecule has 0 bridgehead atoms. The first kappa shape index (κ1) is 12.8. The van der Waals surface area contributed by atoms with Gasteiger partial charge in [-0.2, -0.15) is 0 Å². The van der Waals surface area contributed by atoms with Crippen molar-refractivity contribution in [2.45, 2.75) is 19.9 Å². The maximum absolute atomic E-state index is 3.51. The first-order valence-corrected chi connectivity index (χ1v) is 7.28. The van der Waals surface area contributed by atoms with Crippen molar-refractivity contribution in [1.82, 2.24) is 5.32 Å². The van der Waals surface area contributed by atoms with Gasteiger partial charge in [0.1, 0.15) is 0 Å². The van der Waals surface area contributed by atoms with Gasteiger partial charge in [0.05, 0.1) is 6.04 Å². The van der Waals surface area contributed by atoms with E-state index in [4.69, 9.17) is 0 Å². The first-order chi connectivity index (χ1) is 8.13. The molecule has 1 heterocycles. The summed E-state index contributed by atoms with van der Waals surface area (Å²) in [4.78, 5) is 1.38. The van der Waals surface area contributed by atoms with Crippen LogP contribution in [0.15, 0.2) is 34.1 Å². The Morgan fingerprint density at radius 2 is 1.94 bits per heavy atom. The van der Waals surface area contributed by atoms with Crippen molar-refractivity contribution in [3.8, 4) is 0 Å². The van der Waals surface area contributed by atoms with Crippen molar-refractivity contribution in [2.24, 2.45) is 0 Å². The Balaban J connectivity index is 2.46. The highest BCUT2D eigenvalue weighted by Crippen LogP contribution is 2.30. The van der Waals surface area contributed by atoms with Gasteiger partial charge in [-0.1, -0.05) is 22.0 Å². The van der Waals surface area contributed by atoms with Gasteiger partial charge in [-0.15, -0.1) is 11.3 Å². The molecule has 17 heavy (non-hydrogen) atoms. The van der Waals surface area contributed by atoms with E-state index in [1.165, 1.54) is 21.6 Å². The van der Waals surface area contributed by atoms with E-state index >= 15 is 0 Å². The maximum Gasteiger partial charge on any atom is 0.0587 e. The van der Waals surface area contributed by atoms with Crippen LogP contribution >= 0.6 is 27.3 Å². The number of thiophene rings is 1. The Hall–Kier alpha value is -0.640. The third kappa shape index (κ3) is 2.62. The van der Waals surface area contributed by atoms with Crippen LogP contribution in [0, 0.1) is 13.8 Å². The van der Waals surface area contributed by atoms with Gasteiger partial charge in [-0.3, -0.25) is 0 Å². The smallest absolute Gasteiger partial charge is 0.0587 e. The summed E-state index contributed by atoms with van der Waals surface area (Å²) >= 11 is 5.31. The Kier molecular flexibility index (Phi) is 4.02. The number of rotatable bonds is 3. The largest absolute Gasteiger partial charge is 0.309 e. The molecule has 0 fully saturated rings. The quantitative estimate of drug-likeness (QED) is 0.884. The molecule has 0 aliphatic rings. The second kappa shape index (κ2) is 5.34. The van der Waals surface area contributed by atoms with Crippen LogP contribution < -0.4 is 5.32 Å². The standard InChI is InChI=1S/C14H16BrNS/c1-9-8-11(15)4-5-12(9)14(16-3)13-6-7-17-10(13)2/h4-8,14,16H,1-3H3. The van der Waals surface area contributed by atoms with Crippen molar-refractivity contribution in [2.75, 3.05) is 7.05 Å². The summed E-state index contributed by atoms with van der Waals surface area (Å²) in [6.07, 6.45) is 0. The molecule has 1 N–H and O–H groups in total. The molecule has 0 saturated heterocycles. The number of nitrogens with one attached hydrogen (secondary N) is 1. The first-order valence-electron chi connectivity index (χ1n) is 5.60. The van der Waals surface area contributed by atoms with Crippen molar-refractivity contribution in [3.05, 3.63) is 55.7 Å². The van der Waals surface area contributed by atoms with E-state index in [9.17, 15) is 0 Å². The summed E-state index contributed by atoms with van der Waals surface area (Å²) in [6.45, 7) is 4.34.